The summed E-state index contributed by atoms with van der Waals surface area (Å²) in [4.78, 5) is 12.0. The van der Waals surface area contributed by atoms with E-state index in [1.807, 2.05) is 0 Å². The lowest BCUT2D eigenvalue weighted by atomic mass is 10.8. The van der Waals surface area contributed by atoms with Gasteiger partial charge >= 0.3 is 0 Å². The summed E-state index contributed by atoms with van der Waals surface area (Å²) in [5.74, 6) is -0.709. The van der Waals surface area contributed by atoms with Crippen molar-refractivity contribution in [3.05, 3.63) is 0 Å². The van der Waals surface area contributed by atoms with Crippen molar-refractivity contribution in [2.45, 2.75) is 0 Å². The zero-order chi connectivity index (χ0) is 12.0. The molecule has 0 aromatic heterocycles. The number of aliphatic imine (C=N–C) groups is 3. The number of nitrogens with zero attached hydrogens (tertiary/aromatic N) is 4. The van der Waals surface area contributed by atoms with Gasteiger partial charge in [0.1, 0.15) is 0 Å². The van der Waals surface area contributed by atoms with Crippen LogP contribution in [0.5, 0.6) is 0 Å². The van der Waals surface area contributed by atoms with E-state index in [0.717, 1.165) is 0 Å². The molecule has 0 saturated heterocycles. The van der Waals surface area contributed by atoms with E-state index in [1.54, 1.807) is 14.1 Å². The molecule has 0 aromatic rings. The molecule has 15 heavy (non-hydrogen) atoms. The first-order chi connectivity index (χ1) is 6.82. The van der Waals surface area contributed by atoms with E-state index >= 15 is 0 Å². The van der Waals surface area contributed by atoms with E-state index in [4.69, 9.17) is 28.3 Å². The van der Waals surface area contributed by atoms with Gasteiger partial charge in [-0.3, -0.25) is 5.41 Å². The minimum atomic E-state index is -0.230. The van der Waals surface area contributed by atoms with Crippen LogP contribution < -0.4 is 22.9 Å². The Morgan fingerprint density at radius 2 is 1.40 bits per heavy atom. The Kier molecular flexibility index (Phi) is 4.58. The molecule has 0 atom stereocenters. The van der Waals surface area contributed by atoms with Crippen molar-refractivity contribution in [3.8, 4) is 0 Å². The van der Waals surface area contributed by atoms with Gasteiger partial charge in [-0.2, -0.15) is 15.0 Å². The third-order valence-electron chi connectivity index (χ3n) is 1.12. The van der Waals surface area contributed by atoms with Gasteiger partial charge in [-0.1, -0.05) is 0 Å². The molecule has 9 nitrogen and oxygen atoms in total. The van der Waals surface area contributed by atoms with Crippen LogP contribution in [-0.2, 0) is 0 Å². The average Bonchev–Trinajstić information content (AvgIpc) is 2.00. The minimum absolute atomic E-state index is 0.0613. The number of nitrogens with two attached hydrogens (primary N) is 4. The molecule has 0 aliphatic heterocycles. The first-order valence-corrected chi connectivity index (χ1v) is 3.86. The van der Waals surface area contributed by atoms with Crippen LogP contribution in [-0.4, -0.2) is 42.8 Å². The van der Waals surface area contributed by atoms with Crippen molar-refractivity contribution in [1.29, 1.82) is 5.41 Å². The second kappa shape index (κ2) is 5.42. The predicted molar refractivity (Wildman–Crippen MR) is 60.5 cm³/mol. The topological polar surface area (TPSA) is 168 Å². The van der Waals surface area contributed by atoms with Gasteiger partial charge in [0, 0.05) is 14.1 Å². The molecule has 0 aliphatic carbocycles. The van der Waals surface area contributed by atoms with Crippen LogP contribution in [0.25, 0.3) is 0 Å². The highest BCUT2D eigenvalue weighted by Gasteiger charge is 1.98. The normalized spacial score (nSPS) is 12.1. The fourth-order valence-corrected chi connectivity index (χ4v) is 0.508. The molecule has 0 unspecified atom stereocenters. The van der Waals surface area contributed by atoms with E-state index in [1.165, 1.54) is 4.90 Å². The van der Waals surface area contributed by atoms with Gasteiger partial charge in [-0.15, -0.1) is 0 Å². The maximum absolute atomic E-state index is 7.32. The Morgan fingerprint density at radius 3 is 1.80 bits per heavy atom. The highest BCUT2D eigenvalue weighted by atomic mass is 15.2. The fraction of sp³-hybridized carbons (Fsp3) is 0.333. The van der Waals surface area contributed by atoms with Gasteiger partial charge in [0.2, 0.25) is 17.9 Å². The third-order valence-corrected chi connectivity index (χ3v) is 1.12. The maximum atomic E-state index is 7.32. The van der Waals surface area contributed by atoms with Gasteiger partial charge < -0.3 is 27.8 Å². The van der Waals surface area contributed by atoms with Gasteiger partial charge in [0.25, 0.3) is 0 Å². The zero-order valence-corrected chi connectivity index (χ0v) is 8.60. The van der Waals surface area contributed by atoms with E-state index in [-0.39, 0.29) is 23.8 Å². The quantitative estimate of drug-likeness (QED) is 0.219. The lowest BCUT2D eigenvalue weighted by Gasteiger charge is -2.07. The Labute approximate surface area is 87.1 Å². The number of nitrogens with one attached hydrogen (secondary N) is 1. The molecule has 0 radical (unpaired) electrons. The number of hydrogen-bond acceptors (Lipinski definition) is 1. The molecule has 9 heteroatoms. The molecule has 0 rings (SSSR count). The molecule has 0 aliphatic rings. The molecule has 0 amide bonds. The molecule has 0 fully saturated rings. The largest absolute Gasteiger partial charge is 0.370 e. The highest BCUT2D eigenvalue weighted by molar-refractivity contribution is 6.02. The SMILES string of the molecule is CN(C)C(=N)/N=C(N)/N=C(\N)N=C(N)N. The Bertz CT molecular complexity index is 319. The molecule has 0 bridgehead atoms. The minimum Gasteiger partial charge on any atom is -0.370 e. The Morgan fingerprint density at radius 1 is 0.933 bits per heavy atom. The van der Waals surface area contributed by atoms with E-state index in [0.29, 0.717) is 0 Å². The monoisotopic (exact) mass is 213 g/mol. The van der Waals surface area contributed by atoms with Crippen molar-refractivity contribution in [2.24, 2.45) is 37.9 Å². The lowest BCUT2D eigenvalue weighted by Crippen LogP contribution is -2.28. The van der Waals surface area contributed by atoms with Gasteiger partial charge in [-0.05, 0) is 0 Å². The molecule has 84 valence electrons. The fourth-order valence-electron chi connectivity index (χ4n) is 0.508. The Balaban J connectivity index is 4.67. The van der Waals surface area contributed by atoms with Gasteiger partial charge in [0.15, 0.2) is 5.96 Å². The summed E-state index contributed by atoms with van der Waals surface area (Å²) >= 11 is 0. The highest BCUT2D eigenvalue weighted by Crippen LogP contribution is 1.83. The molecule has 9 N–H and O–H groups in total. The Hall–Kier alpha value is -2.32. The van der Waals surface area contributed by atoms with Crippen molar-refractivity contribution in [2.75, 3.05) is 14.1 Å². The summed E-state index contributed by atoms with van der Waals surface area (Å²) in [6, 6.07) is 0. The molecule has 0 heterocycles. The first-order valence-electron chi connectivity index (χ1n) is 3.86. The van der Waals surface area contributed by atoms with Crippen molar-refractivity contribution < 1.29 is 0 Å². The number of hydrogen-bond donors (Lipinski definition) is 5. The first kappa shape index (κ1) is 12.7. The third kappa shape index (κ3) is 5.85. The van der Waals surface area contributed by atoms with Crippen molar-refractivity contribution >= 4 is 23.8 Å². The molecule has 0 saturated carbocycles. The van der Waals surface area contributed by atoms with Crippen LogP contribution in [0.15, 0.2) is 15.0 Å². The smallest absolute Gasteiger partial charge is 0.226 e. The van der Waals surface area contributed by atoms with Crippen LogP contribution in [0.4, 0.5) is 0 Å². The molecular weight excluding hydrogens is 198 g/mol. The van der Waals surface area contributed by atoms with E-state index in [9.17, 15) is 0 Å². The number of rotatable bonds is 0. The molecular formula is C6H15N9. The predicted octanol–water partition coefficient (Wildman–Crippen LogP) is -2.61. The summed E-state index contributed by atoms with van der Waals surface area (Å²) in [6.45, 7) is 0. The van der Waals surface area contributed by atoms with Crippen LogP contribution in [0.1, 0.15) is 0 Å². The molecule has 0 spiro atoms. The molecule has 0 aromatic carbocycles. The summed E-state index contributed by atoms with van der Waals surface area (Å²) in [6.07, 6.45) is 0. The van der Waals surface area contributed by atoms with Gasteiger partial charge in [0.05, 0.1) is 0 Å². The average molecular weight is 213 g/mol. The summed E-state index contributed by atoms with van der Waals surface area (Å²) in [5.41, 5.74) is 20.7. The van der Waals surface area contributed by atoms with Crippen molar-refractivity contribution in [1.82, 2.24) is 4.90 Å². The maximum Gasteiger partial charge on any atom is 0.226 e. The second-order valence-corrected chi connectivity index (χ2v) is 2.69. The van der Waals surface area contributed by atoms with Crippen LogP contribution in [0.2, 0.25) is 0 Å². The standard InChI is InChI=1S/C6H15N9/c1-15(2)6(11)14-5(10)13-4(9)12-3(7)8/h1-2H3,(H9,7,8,9,10,11,12,13,14). The van der Waals surface area contributed by atoms with E-state index in [2.05, 4.69) is 15.0 Å². The number of guanidine groups is 4. The summed E-state index contributed by atoms with van der Waals surface area (Å²) in [7, 11) is 3.28. The van der Waals surface area contributed by atoms with E-state index < -0.39 is 0 Å². The summed E-state index contributed by atoms with van der Waals surface area (Å²) in [5, 5.41) is 7.32. The van der Waals surface area contributed by atoms with Crippen LogP contribution >= 0.6 is 0 Å². The zero-order valence-electron chi connectivity index (χ0n) is 8.60. The lowest BCUT2D eigenvalue weighted by molar-refractivity contribution is 0.609. The van der Waals surface area contributed by atoms with Gasteiger partial charge in [-0.25, -0.2) is 0 Å². The van der Waals surface area contributed by atoms with Crippen LogP contribution in [0.3, 0.4) is 0 Å². The summed E-state index contributed by atoms with van der Waals surface area (Å²) < 4.78 is 0. The van der Waals surface area contributed by atoms with Crippen LogP contribution in [0, 0.1) is 5.41 Å². The second-order valence-electron chi connectivity index (χ2n) is 2.69. The van der Waals surface area contributed by atoms with Crippen molar-refractivity contribution in [3.63, 3.8) is 0 Å².